The van der Waals surface area contributed by atoms with E-state index >= 15 is 0 Å². The number of nitrogens with zero attached hydrogens (tertiary/aromatic N) is 1. The Balaban J connectivity index is 1.78. The summed E-state index contributed by atoms with van der Waals surface area (Å²) in [6.07, 6.45) is 3.56. The number of aliphatic hydroxyl groups excluding tert-OH is 1. The summed E-state index contributed by atoms with van der Waals surface area (Å²) in [5.41, 5.74) is 1.06. The molecule has 1 atom stereocenters. The summed E-state index contributed by atoms with van der Waals surface area (Å²) in [5, 5.41) is 10.6. The summed E-state index contributed by atoms with van der Waals surface area (Å²) in [6.45, 7) is 0.191. The third-order valence-corrected chi connectivity index (χ3v) is 5.06. The Labute approximate surface area is 185 Å². The van der Waals surface area contributed by atoms with E-state index in [1.807, 2.05) is 0 Å². The van der Waals surface area contributed by atoms with Crippen molar-refractivity contribution in [1.82, 2.24) is 4.90 Å². The molecule has 0 saturated heterocycles. The summed E-state index contributed by atoms with van der Waals surface area (Å²) in [6, 6.07) is 8.56. The molecule has 1 N–H and O–H groups in total. The molecule has 3 rings (SSSR count). The summed E-state index contributed by atoms with van der Waals surface area (Å²) in [5.74, 6) is -0.276. The minimum absolute atomic E-state index is 0.0809. The number of halogens is 1. The van der Waals surface area contributed by atoms with E-state index in [-0.39, 0.29) is 12.1 Å². The Hall–Kier alpha value is -3.65. The highest BCUT2D eigenvalue weighted by molar-refractivity contribution is 6.09. The van der Waals surface area contributed by atoms with Crippen molar-refractivity contribution in [2.45, 2.75) is 12.5 Å². The first kappa shape index (κ1) is 23.0. The van der Waals surface area contributed by atoms with E-state index in [4.69, 9.17) is 14.2 Å². The highest BCUT2D eigenvalue weighted by Gasteiger charge is 2.30. The van der Waals surface area contributed by atoms with Crippen LogP contribution in [0, 0.1) is 5.82 Å². The van der Waals surface area contributed by atoms with Crippen molar-refractivity contribution in [2.75, 3.05) is 27.9 Å². The van der Waals surface area contributed by atoms with Gasteiger partial charge in [0.05, 0.1) is 21.3 Å². The van der Waals surface area contributed by atoms with E-state index in [0.29, 0.717) is 34.8 Å². The Morgan fingerprint density at radius 1 is 1.09 bits per heavy atom. The number of carbonyl (C=O) groups is 2. The molecule has 1 heterocycles. The van der Waals surface area contributed by atoms with Crippen LogP contribution < -0.4 is 14.2 Å². The first-order valence-corrected chi connectivity index (χ1v) is 9.87. The highest BCUT2D eigenvalue weighted by Crippen LogP contribution is 2.38. The van der Waals surface area contributed by atoms with Gasteiger partial charge in [-0.1, -0.05) is 18.2 Å². The van der Waals surface area contributed by atoms with Crippen molar-refractivity contribution >= 4 is 17.9 Å². The Morgan fingerprint density at radius 2 is 1.72 bits per heavy atom. The molecule has 1 unspecified atom stereocenters. The van der Waals surface area contributed by atoms with Crippen LogP contribution in [0.25, 0.3) is 6.08 Å². The molecule has 32 heavy (non-hydrogen) atoms. The first-order chi connectivity index (χ1) is 15.4. The molecule has 7 nitrogen and oxygen atoms in total. The molecule has 0 aliphatic carbocycles. The maximum absolute atomic E-state index is 13.2. The summed E-state index contributed by atoms with van der Waals surface area (Å²) < 4.78 is 29.0. The molecular weight excluding hydrogens is 417 g/mol. The number of imide groups is 1. The average molecular weight is 441 g/mol. The van der Waals surface area contributed by atoms with Gasteiger partial charge in [0, 0.05) is 18.2 Å². The Bertz CT molecular complexity index is 1040. The maximum atomic E-state index is 13.2. The molecule has 0 bridgehead atoms. The largest absolute Gasteiger partial charge is 0.493 e. The molecule has 0 spiro atoms. The van der Waals surface area contributed by atoms with Crippen molar-refractivity contribution in [3.8, 4) is 17.2 Å². The number of aliphatic hydroxyl groups is 1. The van der Waals surface area contributed by atoms with Gasteiger partial charge >= 0.3 is 0 Å². The van der Waals surface area contributed by atoms with Crippen LogP contribution >= 0.6 is 0 Å². The Kier molecular flexibility index (Phi) is 7.27. The number of carbonyl (C=O) groups excluding carboxylic acids is 2. The van der Waals surface area contributed by atoms with Crippen LogP contribution in [0.15, 0.2) is 54.1 Å². The molecule has 2 aromatic rings. The summed E-state index contributed by atoms with van der Waals surface area (Å²) >= 11 is 0. The number of ether oxygens (including phenoxy) is 3. The molecule has 0 aromatic heterocycles. The van der Waals surface area contributed by atoms with Crippen LogP contribution in [0.4, 0.5) is 4.39 Å². The summed E-state index contributed by atoms with van der Waals surface area (Å²) in [4.78, 5) is 26.7. The van der Waals surface area contributed by atoms with Crippen LogP contribution in [-0.2, 0) is 9.59 Å². The third kappa shape index (κ3) is 4.81. The monoisotopic (exact) mass is 441 g/mol. The van der Waals surface area contributed by atoms with Crippen molar-refractivity contribution < 1.29 is 33.3 Å². The normalized spacial score (nSPS) is 14.8. The molecule has 0 radical (unpaired) electrons. The molecule has 168 valence electrons. The molecule has 1 aliphatic heterocycles. The zero-order chi connectivity index (χ0) is 23.3. The fourth-order valence-electron chi connectivity index (χ4n) is 3.41. The zero-order valence-electron chi connectivity index (χ0n) is 18.0. The van der Waals surface area contributed by atoms with E-state index in [0.717, 1.165) is 4.90 Å². The zero-order valence-corrected chi connectivity index (χ0v) is 18.0. The number of methoxy groups -OCH3 is 3. The van der Waals surface area contributed by atoms with Gasteiger partial charge in [-0.25, -0.2) is 4.39 Å². The van der Waals surface area contributed by atoms with Gasteiger partial charge in [0.15, 0.2) is 11.5 Å². The fraction of sp³-hybridized carbons (Fsp3) is 0.250. The van der Waals surface area contributed by atoms with Gasteiger partial charge in [-0.05, 0) is 47.9 Å². The Morgan fingerprint density at radius 3 is 2.28 bits per heavy atom. The number of amides is 2. The second-order valence-corrected chi connectivity index (χ2v) is 6.99. The lowest BCUT2D eigenvalue weighted by molar-refractivity contribution is -0.140. The van der Waals surface area contributed by atoms with Crippen molar-refractivity contribution in [2.24, 2.45) is 0 Å². The quantitative estimate of drug-likeness (QED) is 0.664. The van der Waals surface area contributed by atoms with Gasteiger partial charge in [-0.15, -0.1) is 0 Å². The second-order valence-electron chi connectivity index (χ2n) is 6.99. The van der Waals surface area contributed by atoms with E-state index in [9.17, 15) is 19.1 Å². The molecule has 2 amide bonds. The van der Waals surface area contributed by atoms with Gasteiger partial charge < -0.3 is 19.3 Å². The van der Waals surface area contributed by atoms with Gasteiger partial charge in [0.2, 0.25) is 5.75 Å². The lowest BCUT2D eigenvalue weighted by atomic mass is 9.97. The lowest BCUT2D eigenvalue weighted by Crippen LogP contribution is -2.41. The topological polar surface area (TPSA) is 85.3 Å². The third-order valence-electron chi connectivity index (χ3n) is 5.06. The van der Waals surface area contributed by atoms with E-state index in [2.05, 4.69) is 0 Å². The predicted octanol–water partition coefficient (Wildman–Crippen LogP) is 3.28. The first-order valence-electron chi connectivity index (χ1n) is 9.87. The molecule has 8 heteroatoms. The van der Waals surface area contributed by atoms with Gasteiger partial charge in [-0.3, -0.25) is 14.5 Å². The highest BCUT2D eigenvalue weighted by atomic mass is 19.1. The SMILES string of the molecule is COc1cc(/C=C/C(=O)N2CCC=C(C(O)c3ccc(F)cc3)C2=O)cc(OC)c1OC. The standard InChI is InChI=1S/C24H24FNO6/c1-30-19-13-15(14-20(31-2)23(19)32-3)6-11-21(27)26-12-4-5-18(24(26)29)22(28)16-7-9-17(25)10-8-16/h5-11,13-14,22,28H,4,12H2,1-3H3/b11-6+. The van der Waals surface area contributed by atoms with Crippen molar-refractivity contribution in [1.29, 1.82) is 0 Å². The van der Waals surface area contributed by atoms with Crippen LogP contribution in [0.5, 0.6) is 17.2 Å². The maximum Gasteiger partial charge on any atom is 0.259 e. The van der Waals surface area contributed by atoms with Crippen LogP contribution in [0.2, 0.25) is 0 Å². The predicted molar refractivity (Wildman–Crippen MR) is 116 cm³/mol. The molecule has 1 aliphatic rings. The number of hydrogen-bond acceptors (Lipinski definition) is 6. The van der Waals surface area contributed by atoms with Gasteiger partial charge in [0.1, 0.15) is 11.9 Å². The molecular formula is C24H24FNO6. The van der Waals surface area contributed by atoms with Gasteiger partial charge in [-0.2, -0.15) is 0 Å². The minimum atomic E-state index is -1.25. The fourth-order valence-corrected chi connectivity index (χ4v) is 3.41. The van der Waals surface area contributed by atoms with E-state index in [1.165, 1.54) is 57.7 Å². The minimum Gasteiger partial charge on any atom is -0.493 e. The summed E-state index contributed by atoms with van der Waals surface area (Å²) in [7, 11) is 4.47. The van der Waals surface area contributed by atoms with Gasteiger partial charge in [0.25, 0.3) is 11.8 Å². The van der Waals surface area contributed by atoms with Crippen LogP contribution in [0.1, 0.15) is 23.7 Å². The van der Waals surface area contributed by atoms with Crippen LogP contribution in [0.3, 0.4) is 0 Å². The number of rotatable bonds is 7. The van der Waals surface area contributed by atoms with E-state index < -0.39 is 23.7 Å². The molecule has 0 fully saturated rings. The lowest BCUT2D eigenvalue weighted by Gasteiger charge is -2.27. The number of benzene rings is 2. The van der Waals surface area contributed by atoms with Crippen molar-refractivity contribution in [3.63, 3.8) is 0 Å². The average Bonchev–Trinajstić information content (AvgIpc) is 2.81. The second kappa shape index (κ2) is 10.1. The van der Waals surface area contributed by atoms with E-state index in [1.54, 1.807) is 18.2 Å². The molecule has 2 aromatic carbocycles. The molecule has 0 saturated carbocycles. The smallest absolute Gasteiger partial charge is 0.259 e. The number of hydrogen-bond donors (Lipinski definition) is 1. The van der Waals surface area contributed by atoms with Crippen LogP contribution in [-0.4, -0.2) is 49.7 Å². The van der Waals surface area contributed by atoms with Crippen molar-refractivity contribution in [3.05, 3.63) is 71.1 Å².